The zero-order chi connectivity index (χ0) is 30.1. The molecule has 1 aromatic carbocycles. The quantitative estimate of drug-likeness (QED) is 0.434. The number of benzene rings is 1. The Hall–Kier alpha value is -4.30. The smallest absolute Gasteiger partial charge is 0.435 e. The average molecular weight is 586 g/mol. The van der Waals surface area contributed by atoms with E-state index >= 15 is 0 Å². The number of piperidine rings is 1. The number of alkyl halides is 6. The summed E-state index contributed by atoms with van der Waals surface area (Å²) in [6.07, 6.45) is -7.88. The second kappa shape index (κ2) is 11.3. The number of hydrogen-bond donors (Lipinski definition) is 1. The monoisotopic (exact) mass is 585 g/mol. The molecule has 2 amide bonds. The molecule has 0 unspecified atom stereocenters. The van der Waals surface area contributed by atoms with Crippen molar-refractivity contribution in [1.29, 1.82) is 0 Å². The Morgan fingerprint density at radius 3 is 2.24 bits per heavy atom. The Kier molecular flexibility index (Phi) is 8.17. The van der Waals surface area contributed by atoms with E-state index in [2.05, 4.69) is 15.4 Å². The molecule has 15 heteroatoms. The van der Waals surface area contributed by atoms with E-state index < -0.39 is 47.4 Å². The molecule has 3 aromatic rings. The van der Waals surface area contributed by atoms with E-state index in [1.807, 2.05) is 0 Å². The number of amides is 2. The molecule has 1 fully saturated rings. The summed E-state index contributed by atoms with van der Waals surface area (Å²) >= 11 is 0. The number of ether oxygens (including phenoxy) is 2. The number of hydrogen-bond acceptors (Lipinski definition) is 6. The van der Waals surface area contributed by atoms with Gasteiger partial charge in [0.1, 0.15) is 5.69 Å². The van der Waals surface area contributed by atoms with Crippen LogP contribution in [0.3, 0.4) is 0 Å². The number of carbonyl (C=O) groups excluding carboxylic acids is 2. The minimum absolute atomic E-state index is 0.0112. The maximum Gasteiger partial charge on any atom is 0.435 e. The molecule has 4 rings (SSSR count). The number of nitrogens with one attached hydrogen (secondary N) is 1. The number of nitrogens with zero attached hydrogens (tertiary/aromatic N) is 4. The highest BCUT2D eigenvalue weighted by molar-refractivity contribution is 5.95. The first-order valence-corrected chi connectivity index (χ1v) is 12.2. The predicted molar refractivity (Wildman–Crippen MR) is 132 cm³/mol. The van der Waals surface area contributed by atoms with E-state index in [1.54, 1.807) is 0 Å². The van der Waals surface area contributed by atoms with E-state index in [-0.39, 0.29) is 42.4 Å². The van der Waals surface area contributed by atoms with Gasteiger partial charge >= 0.3 is 12.4 Å². The van der Waals surface area contributed by atoms with E-state index in [0.717, 1.165) is 16.8 Å². The molecule has 220 valence electrons. The molecule has 2 aromatic heterocycles. The van der Waals surface area contributed by atoms with Crippen molar-refractivity contribution < 1.29 is 45.4 Å². The van der Waals surface area contributed by atoms with Crippen LogP contribution in [-0.4, -0.2) is 64.8 Å². The van der Waals surface area contributed by atoms with Crippen LogP contribution in [0.2, 0.25) is 0 Å². The molecule has 1 N–H and O–H groups in total. The van der Waals surface area contributed by atoms with E-state index in [1.165, 1.54) is 50.6 Å². The third-order valence-corrected chi connectivity index (χ3v) is 6.76. The van der Waals surface area contributed by atoms with Crippen LogP contribution in [0.5, 0.6) is 11.6 Å². The number of pyridine rings is 1. The predicted octanol–water partition coefficient (Wildman–Crippen LogP) is 4.30. The summed E-state index contributed by atoms with van der Waals surface area (Å²) in [6.45, 7) is 0.122. The van der Waals surface area contributed by atoms with Crippen LogP contribution in [0.1, 0.15) is 50.0 Å². The van der Waals surface area contributed by atoms with Gasteiger partial charge in [0.15, 0.2) is 11.4 Å². The van der Waals surface area contributed by atoms with Crippen LogP contribution >= 0.6 is 0 Å². The lowest BCUT2D eigenvalue weighted by atomic mass is 9.85. The summed E-state index contributed by atoms with van der Waals surface area (Å²) < 4.78 is 89.9. The average Bonchev–Trinajstić information content (AvgIpc) is 3.34. The molecule has 9 nitrogen and oxygen atoms in total. The first kappa shape index (κ1) is 29.7. The summed E-state index contributed by atoms with van der Waals surface area (Å²) in [6, 6.07) is 5.63. The summed E-state index contributed by atoms with van der Waals surface area (Å²) in [4.78, 5) is 31.9. The molecule has 0 bridgehead atoms. The number of methoxy groups -OCH3 is 2. The van der Waals surface area contributed by atoms with Crippen LogP contribution in [0.25, 0.3) is 0 Å². The number of halogens is 6. The zero-order valence-electron chi connectivity index (χ0n) is 22.0. The number of aryl methyl sites for hydroxylation is 1. The summed E-state index contributed by atoms with van der Waals surface area (Å²) in [5.74, 6) is -1.60. The molecule has 2 atom stereocenters. The summed E-state index contributed by atoms with van der Waals surface area (Å²) in [5.41, 5.74) is -1.90. The highest BCUT2D eigenvalue weighted by Crippen LogP contribution is 2.34. The number of likely N-dealkylation sites (tertiary alicyclic amines) is 1. The van der Waals surface area contributed by atoms with Gasteiger partial charge in [0, 0.05) is 50.4 Å². The molecule has 1 saturated heterocycles. The van der Waals surface area contributed by atoms with E-state index in [9.17, 15) is 35.9 Å². The molecule has 41 heavy (non-hydrogen) atoms. The standard InChI is InChI=1S/C26H25F6N5O4/c1-36-19(11-21(35-36)26(30,31)32)22(38)34-18-8-9-37(24(39)15-10-20(40-2)23(41-3)33-12-15)13-17(18)14-4-6-16(7-5-14)25(27,28)29/h4-7,10-12,17-18H,8-9,13H2,1-3H3,(H,34,38)/t17-,18+/m0/s1. The molecule has 0 saturated carbocycles. The van der Waals surface area contributed by atoms with Gasteiger partial charge in [-0.05, 0) is 24.1 Å². The van der Waals surface area contributed by atoms with Gasteiger partial charge in [0.25, 0.3) is 17.7 Å². The third-order valence-electron chi connectivity index (χ3n) is 6.76. The minimum Gasteiger partial charge on any atom is -0.491 e. The SMILES string of the molecule is COc1cc(C(=O)N2CC[C@@H](NC(=O)c3cc(C(F)(F)F)nn3C)[C@H](c3ccc(C(F)(F)F)cc3)C2)cnc1OC. The lowest BCUT2D eigenvalue weighted by molar-refractivity contribution is -0.141. The topological polar surface area (TPSA) is 98.6 Å². The van der Waals surface area contributed by atoms with Gasteiger partial charge in [-0.3, -0.25) is 14.3 Å². The van der Waals surface area contributed by atoms with Gasteiger partial charge in [0.05, 0.1) is 25.3 Å². The molecule has 0 aliphatic carbocycles. The molecule has 0 radical (unpaired) electrons. The fourth-order valence-electron chi connectivity index (χ4n) is 4.66. The minimum atomic E-state index is -4.76. The van der Waals surface area contributed by atoms with Gasteiger partial charge in [-0.25, -0.2) is 4.98 Å². The molecular weight excluding hydrogens is 560 g/mol. The Labute approximate surface area is 230 Å². The van der Waals surface area contributed by atoms with Crippen molar-refractivity contribution in [3.8, 4) is 11.6 Å². The third kappa shape index (κ3) is 6.38. The first-order chi connectivity index (χ1) is 19.2. The molecule has 1 aliphatic heterocycles. The van der Waals surface area contributed by atoms with E-state index in [4.69, 9.17) is 9.47 Å². The highest BCUT2D eigenvalue weighted by atomic mass is 19.4. The van der Waals surface area contributed by atoms with Crippen LogP contribution in [0.15, 0.2) is 42.6 Å². The second-order valence-electron chi connectivity index (χ2n) is 9.32. The van der Waals surface area contributed by atoms with Gasteiger partial charge < -0.3 is 19.7 Å². The zero-order valence-corrected chi connectivity index (χ0v) is 22.0. The maximum atomic E-state index is 13.4. The van der Waals surface area contributed by atoms with E-state index in [0.29, 0.717) is 11.6 Å². The fourth-order valence-corrected chi connectivity index (χ4v) is 4.66. The van der Waals surface area contributed by atoms with Crippen molar-refractivity contribution in [3.63, 3.8) is 0 Å². The van der Waals surface area contributed by atoms with Crippen molar-refractivity contribution in [2.45, 2.75) is 30.7 Å². The largest absolute Gasteiger partial charge is 0.491 e. The first-order valence-electron chi connectivity index (χ1n) is 12.2. The van der Waals surface area contributed by atoms with Crippen molar-refractivity contribution in [2.24, 2.45) is 7.05 Å². The Morgan fingerprint density at radius 2 is 1.68 bits per heavy atom. The second-order valence-corrected chi connectivity index (χ2v) is 9.32. The van der Waals surface area contributed by atoms with Crippen molar-refractivity contribution >= 4 is 11.8 Å². The van der Waals surface area contributed by atoms with Gasteiger partial charge in [-0.2, -0.15) is 31.4 Å². The van der Waals surface area contributed by atoms with Crippen molar-refractivity contribution in [2.75, 3.05) is 27.3 Å². The normalized spacial score (nSPS) is 17.7. The number of carbonyl (C=O) groups is 2. The van der Waals surface area contributed by atoms with Gasteiger partial charge in [-0.1, -0.05) is 12.1 Å². The van der Waals surface area contributed by atoms with Crippen LogP contribution in [0.4, 0.5) is 26.3 Å². The highest BCUT2D eigenvalue weighted by Gasteiger charge is 2.38. The molecular formula is C26H25F6N5O4. The number of rotatable bonds is 6. The Balaban J connectivity index is 1.62. The van der Waals surface area contributed by atoms with Crippen LogP contribution < -0.4 is 14.8 Å². The molecule has 0 spiro atoms. The van der Waals surface area contributed by atoms with Crippen molar-refractivity contribution in [1.82, 2.24) is 25.0 Å². The summed E-state index contributed by atoms with van der Waals surface area (Å²) in [7, 11) is 3.95. The van der Waals surface area contributed by atoms with Crippen LogP contribution in [-0.2, 0) is 19.4 Å². The molecule has 1 aliphatic rings. The van der Waals surface area contributed by atoms with Crippen molar-refractivity contribution in [3.05, 3.63) is 70.7 Å². The lowest BCUT2D eigenvalue weighted by Gasteiger charge is -2.39. The number of aromatic nitrogens is 3. The maximum absolute atomic E-state index is 13.4. The Bertz CT molecular complexity index is 1420. The van der Waals surface area contributed by atoms with Gasteiger partial charge in [0.2, 0.25) is 0 Å². The Morgan fingerprint density at radius 1 is 1.00 bits per heavy atom. The summed E-state index contributed by atoms with van der Waals surface area (Å²) in [5, 5.41) is 6.04. The fraction of sp³-hybridized carbons (Fsp3) is 0.385. The van der Waals surface area contributed by atoms with Gasteiger partial charge in [-0.15, -0.1) is 0 Å². The lowest BCUT2D eigenvalue weighted by Crippen LogP contribution is -2.51. The molecule has 3 heterocycles. The van der Waals surface area contributed by atoms with Crippen LogP contribution in [0, 0.1) is 0 Å².